The van der Waals surface area contributed by atoms with Gasteiger partial charge in [-0.25, -0.2) is 0 Å². The van der Waals surface area contributed by atoms with Crippen molar-refractivity contribution in [2.75, 3.05) is 53.7 Å². The van der Waals surface area contributed by atoms with E-state index in [4.69, 9.17) is 14.2 Å². The lowest BCUT2D eigenvalue weighted by molar-refractivity contribution is 0.0688. The zero-order valence-electron chi connectivity index (χ0n) is 10.1. The molecule has 0 unspecified atom stereocenters. The predicted octanol–water partition coefficient (Wildman–Crippen LogP) is 1.06. The van der Waals surface area contributed by atoms with Crippen LogP contribution in [0, 0.1) is 0 Å². The van der Waals surface area contributed by atoms with E-state index in [1.165, 1.54) is 6.42 Å². The van der Waals surface area contributed by atoms with Gasteiger partial charge in [-0.3, -0.25) is 0 Å². The maximum absolute atomic E-state index is 5.35. The van der Waals surface area contributed by atoms with Crippen LogP contribution in [0.1, 0.15) is 19.3 Å². The van der Waals surface area contributed by atoms with Gasteiger partial charge >= 0.3 is 0 Å². The molecule has 0 aromatic carbocycles. The lowest BCUT2D eigenvalue weighted by Crippen LogP contribution is -2.18. The SMILES string of the molecule is COCCCNCCCCOCCOC. The maximum Gasteiger partial charge on any atom is 0.0700 e. The van der Waals surface area contributed by atoms with E-state index in [0.717, 1.165) is 39.1 Å². The zero-order valence-corrected chi connectivity index (χ0v) is 10.1. The van der Waals surface area contributed by atoms with Crippen LogP contribution in [-0.4, -0.2) is 53.7 Å². The first-order valence-electron chi connectivity index (χ1n) is 5.68. The van der Waals surface area contributed by atoms with Gasteiger partial charge in [0, 0.05) is 27.4 Å². The van der Waals surface area contributed by atoms with E-state index >= 15 is 0 Å². The molecule has 0 spiro atoms. The monoisotopic (exact) mass is 219 g/mol. The molecule has 4 nitrogen and oxygen atoms in total. The number of hydrogen-bond donors (Lipinski definition) is 1. The fraction of sp³-hybridized carbons (Fsp3) is 1.00. The van der Waals surface area contributed by atoms with E-state index in [1.807, 2.05) is 0 Å². The van der Waals surface area contributed by atoms with Crippen LogP contribution in [0.15, 0.2) is 0 Å². The molecule has 0 radical (unpaired) electrons. The van der Waals surface area contributed by atoms with Gasteiger partial charge in [0.15, 0.2) is 0 Å². The number of methoxy groups -OCH3 is 2. The summed E-state index contributed by atoms with van der Waals surface area (Å²) in [6, 6.07) is 0. The fourth-order valence-electron chi connectivity index (χ4n) is 1.16. The lowest BCUT2D eigenvalue weighted by Gasteiger charge is -2.05. The third-order valence-electron chi connectivity index (χ3n) is 2.03. The Hall–Kier alpha value is -0.160. The summed E-state index contributed by atoms with van der Waals surface area (Å²) in [5.41, 5.74) is 0. The van der Waals surface area contributed by atoms with Crippen molar-refractivity contribution in [3.63, 3.8) is 0 Å². The first-order valence-corrected chi connectivity index (χ1v) is 5.68. The standard InChI is InChI=1S/C11H25NO3/c1-13-8-5-7-12-6-3-4-9-15-11-10-14-2/h12H,3-11H2,1-2H3. The molecular weight excluding hydrogens is 194 g/mol. The van der Waals surface area contributed by atoms with Crippen LogP contribution >= 0.6 is 0 Å². The minimum Gasteiger partial charge on any atom is -0.385 e. The average molecular weight is 219 g/mol. The van der Waals surface area contributed by atoms with Gasteiger partial charge in [0.2, 0.25) is 0 Å². The molecule has 1 N–H and O–H groups in total. The quantitative estimate of drug-likeness (QED) is 0.498. The highest BCUT2D eigenvalue weighted by atomic mass is 16.5. The number of nitrogens with one attached hydrogen (secondary N) is 1. The smallest absolute Gasteiger partial charge is 0.0700 e. The molecule has 0 bridgehead atoms. The first-order chi connectivity index (χ1) is 7.41. The van der Waals surface area contributed by atoms with Crippen molar-refractivity contribution in [2.45, 2.75) is 19.3 Å². The number of rotatable bonds is 12. The minimum absolute atomic E-state index is 0.690. The molecule has 0 fully saturated rings. The van der Waals surface area contributed by atoms with Gasteiger partial charge in [-0.15, -0.1) is 0 Å². The van der Waals surface area contributed by atoms with E-state index in [1.54, 1.807) is 14.2 Å². The summed E-state index contributed by atoms with van der Waals surface area (Å²) in [4.78, 5) is 0. The van der Waals surface area contributed by atoms with Crippen molar-refractivity contribution < 1.29 is 14.2 Å². The summed E-state index contributed by atoms with van der Waals surface area (Å²) in [5, 5.41) is 3.36. The molecule has 0 heterocycles. The Morgan fingerprint density at radius 3 is 2.20 bits per heavy atom. The van der Waals surface area contributed by atoms with Crippen molar-refractivity contribution >= 4 is 0 Å². The van der Waals surface area contributed by atoms with E-state index in [-0.39, 0.29) is 0 Å². The normalized spacial score (nSPS) is 10.8. The fourth-order valence-corrected chi connectivity index (χ4v) is 1.16. The Labute approximate surface area is 93.3 Å². The van der Waals surface area contributed by atoms with Crippen LogP contribution in [0.25, 0.3) is 0 Å². The Morgan fingerprint density at radius 2 is 1.47 bits per heavy atom. The van der Waals surface area contributed by atoms with E-state index in [9.17, 15) is 0 Å². The van der Waals surface area contributed by atoms with E-state index in [2.05, 4.69) is 5.32 Å². The summed E-state index contributed by atoms with van der Waals surface area (Å²) in [6.07, 6.45) is 3.36. The molecule has 4 heteroatoms. The Balaban J connectivity index is 2.81. The molecule has 0 aliphatic heterocycles. The highest BCUT2D eigenvalue weighted by Crippen LogP contribution is 1.89. The van der Waals surface area contributed by atoms with Crippen molar-refractivity contribution in [1.82, 2.24) is 5.32 Å². The van der Waals surface area contributed by atoms with Gasteiger partial charge in [0.1, 0.15) is 0 Å². The molecule has 0 atom stereocenters. The molecule has 0 rings (SSSR count). The van der Waals surface area contributed by atoms with E-state index < -0.39 is 0 Å². The number of ether oxygens (including phenoxy) is 3. The van der Waals surface area contributed by atoms with Crippen LogP contribution in [0.4, 0.5) is 0 Å². The highest BCUT2D eigenvalue weighted by molar-refractivity contribution is 4.48. The van der Waals surface area contributed by atoms with Crippen molar-refractivity contribution in [3.8, 4) is 0 Å². The van der Waals surface area contributed by atoms with Crippen LogP contribution in [0.5, 0.6) is 0 Å². The summed E-state index contributed by atoms with van der Waals surface area (Å²) < 4.78 is 15.2. The Morgan fingerprint density at radius 1 is 0.733 bits per heavy atom. The van der Waals surface area contributed by atoms with Crippen LogP contribution in [-0.2, 0) is 14.2 Å². The molecule has 0 aliphatic rings. The third-order valence-corrected chi connectivity index (χ3v) is 2.03. The van der Waals surface area contributed by atoms with Crippen molar-refractivity contribution in [3.05, 3.63) is 0 Å². The van der Waals surface area contributed by atoms with Crippen molar-refractivity contribution in [1.29, 1.82) is 0 Å². The van der Waals surface area contributed by atoms with Gasteiger partial charge in [-0.1, -0.05) is 0 Å². The Bertz CT molecular complexity index is 100. The van der Waals surface area contributed by atoms with Crippen molar-refractivity contribution in [2.24, 2.45) is 0 Å². The van der Waals surface area contributed by atoms with Gasteiger partial charge in [0.25, 0.3) is 0 Å². The van der Waals surface area contributed by atoms with Crippen LogP contribution < -0.4 is 5.32 Å². The zero-order chi connectivity index (χ0) is 11.2. The largest absolute Gasteiger partial charge is 0.385 e. The molecule has 0 saturated heterocycles. The summed E-state index contributed by atoms with van der Waals surface area (Å²) in [5.74, 6) is 0. The minimum atomic E-state index is 0.690. The topological polar surface area (TPSA) is 39.7 Å². The number of hydrogen-bond acceptors (Lipinski definition) is 4. The van der Waals surface area contributed by atoms with Crippen LogP contribution in [0.3, 0.4) is 0 Å². The Kier molecular flexibility index (Phi) is 13.7. The highest BCUT2D eigenvalue weighted by Gasteiger charge is 1.90. The predicted molar refractivity (Wildman–Crippen MR) is 61.3 cm³/mol. The second kappa shape index (κ2) is 13.8. The average Bonchev–Trinajstić information content (AvgIpc) is 2.26. The second-order valence-corrected chi connectivity index (χ2v) is 3.41. The summed E-state index contributed by atoms with van der Waals surface area (Å²) in [7, 11) is 3.42. The van der Waals surface area contributed by atoms with Gasteiger partial charge in [0.05, 0.1) is 13.2 Å². The summed E-state index contributed by atoms with van der Waals surface area (Å²) >= 11 is 0. The molecule has 92 valence electrons. The molecule has 0 aromatic heterocycles. The molecule has 0 aromatic rings. The number of unbranched alkanes of at least 4 members (excludes halogenated alkanes) is 1. The molecule has 0 saturated carbocycles. The molecule has 0 aliphatic carbocycles. The van der Waals surface area contributed by atoms with Crippen LogP contribution in [0.2, 0.25) is 0 Å². The summed E-state index contributed by atoms with van der Waals surface area (Å²) in [6.45, 7) is 5.18. The van der Waals surface area contributed by atoms with Gasteiger partial charge in [-0.2, -0.15) is 0 Å². The van der Waals surface area contributed by atoms with Gasteiger partial charge < -0.3 is 19.5 Å². The molecule has 0 amide bonds. The van der Waals surface area contributed by atoms with Gasteiger partial charge in [-0.05, 0) is 32.4 Å². The lowest BCUT2D eigenvalue weighted by atomic mass is 10.3. The first kappa shape index (κ1) is 14.8. The molecular formula is C11H25NO3. The molecule has 15 heavy (non-hydrogen) atoms. The maximum atomic E-state index is 5.35. The second-order valence-electron chi connectivity index (χ2n) is 3.41. The third kappa shape index (κ3) is 13.8. The van der Waals surface area contributed by atoms with E-state index in [0.29, 0.717) is 13.2 Å².